The van der Waals surface area contributed by atoms with Crippen molar-refractivity contribution in [2.24, 2.45) is 0 Å². The molecule has 3 N–H and O–H groups in total. The smallest absolute Gasteiger partial charge is 0.294 e. The molecule has 0 aliphatic rings. The molecule has 16 heteroatoms. The van der Waals surface area contributed by atoms with Crippen LogP contribution in [-0.4, -0.2) is 49.4 Å². The second-order valence-electron chi connectivity index (χ2n) is 11.2. The molecule has 0 amide bonds. The van der Waals surface area contributed by atoms with Crippen LogP contribution in [0.5, 0.6) is 5.75 Å². The molecule has 0 bridgehead atoms. The monoisotopic (exact) mass is 731 g/mol. The van der Waals surface area contributed by atoms with Gasteiger partial charge in [0.1, 0.15) is 29.7 Å². The lowest BCUT2D eigenvalue weighted by Gasteiger charge is -2.19. The summed E-state index contributed by atoms with van der Waals surface area (Å²) in [6.07, 6.45) is 1.25. The lowest BCUT2D eigenvalue weighted by atomic mass is 10.1. The molecule has 0 fully saturated rings. The maximum absolute atomic E-state index is 15.2. The van der Waals surface area contributed by atoms with Crippen LogP contribution >= 0.6 is 11.6 Å². The van der Waals surface area contributed by atoms with Gasteiger partial charge in [-0.2, -0.15) is 17.9 Å². The molecule has 0 spiro atoms. The molecule has 7 aromatic rings. The van der Waals surface area contributed by atoms with Crippen LogP contribution in [0, 0.1) is 18.6 Å². The van der Waals surface area contributed by atoms with Gasteiger partial charge in [0.2, 0.25) is 5.82 Å². The standard InChI is InChI=1S/C28H20ClF2N7O2.C7H8O3S/c1-14(26-35-18-10-6-9-17(29)20(18)28(39)37(26)15-7-4-3-5-8-15)38-27-21(25(32)33-13-34-27)24(36-38)16-11-12-19(40-2)23(31)22(16)30;1-6-2-4-7(5-3-6)11(8,9)10/h3-14H,1-2H3,(H2,32,33,34);2-5H,1H3,(H,8,9,10)/t14-;/m0./s1. The van der Waals surface area contributed by atoms with Gasteiger partial charge < -0.3 is 10.5 Å². The number of anilines is 1. The number of nitrogens with two attached hydrogens (primary N) is 1. The normalized spacial score (nSPS) is 12.1. The van der Waals surface area contributed by atoms with Gasteiger partial charge in [0.15, 0.2) is 17.2 Å². The van der Waals surface area contributed by atoms with Gasteiger partial charge in [0.05, 0.1) is 39.0 Å². The first-order valence-corrected chi connectivity index (χ1v) is 17.0. The van der Waals surface area contributed by atoms with Crippen molar-refractivity contribution < 1.29 is 26.5 Å². The molecule has 0 radical (unpaired) electrons. The van der Waals surface area contributed by atoms with Crippen molar-refractivity contribution in [1.82, 2.24) is 29.3 Å². The average Bonchev–Trinajstić information content (AvgIpc) is 3.50. The van der Waals surface area contributed by atoms with E-state index < -0.39 is 27.8 Å². The number of nitrogens with zero attached hydrogens (tertiary/aromatic N) is 6. The largest absolute Gasteiger partial charge is 0.494 e. The number of aryl methyl sites for hydroxylation is 1. The fraction of sp³-hybridized carbons (Fsp3) is 0.114. The molecule has 260 valence electrons. The van der Waals surface area contributed by atoms with Crippen LogP contribution < -0.4 is 16.0 Å². The molecule has 3 aromatic heterocycles. The minimum Gasteiger partial charge on any atom is -0.494 e. The van der Waals surface area contributed by atoms with Crippen molar-refractivity contribution in [2.45, 2.75) is 24.8 Å². The van der Waals surface area contributed by atoms with Crippen LogP contribution in [-0.2, 0) is 10.1 Å². The van der Waals surface area contributed by atoms with Crippen LogP contribution in [0.25, 0.3) is 38.9 Å². The predicted octanol–water partition coefficient (Wildman–Crippen LogP) is 6.57. The molecule has 12 nitrogen and oxygen atoms in total. The highest BCUT2D eigenvalue weighted by molar-refractivity contribution is 7.85. The predicted molar refractivity (Wildman–Crippen MR) is 189 cm³/mol. The Morgan fingerprint density at radius 2 is 1.63 bits per heavy atom. The first kappa shape index (κ1) is 35.1. The maximum atomic E-state index is 15.2. The summed E-state index contributed by atoms with van der Waals surface area (Å²) in [5.74, 6) is -2.26. The number of nitrogen functional groups attached to an aromatic ring is 1. The molecule has 0 aliphatic heterocycles. The van der Waals surface area contributed by atoms with E-state index in [1.807, 2.05) is 13.0 Å². The Morgan fingerprint density at radius 3 is 2.29 bits per heavy atom. The van der Waals surface area contributed by atoms with Crippen molar-refractivity contribution in [3.8, 4) is 22.7 Å². The summed E-state index contributed by atoms with van der Waals surface area (Å²) in [5.41, 5.74) is 7.83. The van der Waals surface area contributed by atoms with E-state index in [4.69, 9.17) is 31.6 Å². The second kappa shape index (κ2) is 13.9. The van der Waals surface area contributed by atoms with Crippen molar-refractivity contribution in [3.05, 3.63) is 130 Å². The summed E-state index contributed by atoms with van der Waals surface area (Å²) in [6, 6.07) is 21.9. The SMILES string of the molecule is COc1ccc(-c2nn([C@@H](C)c3nc4cccc(Cl)c4c(=O)n3-c3ccccc3)c3ncnc(N)c23)c(F)c1F.Cc1ccc(S(=O)(=O)O)cc1. The summed E-state index contributed by atoms with van der Waals surface area (Å²) >= 11 is 6.41. The molecule has 4 aromatic carbocycles. The second-order valence-corrected chi connectivity index (χ2v) is 13.1. The minimum atomic E-state index is -4.02. The van der Waals surface area contributed by atoms with Crippen molar-refractivity contribution in [3.63, 3.8) is 0 Å². The zero-order chi connectivity index (χ0) is 36.6. The number of benzene rings is 4. The first-order chi connectivity index (χ1) is 24.3. The molecular weight excluding hydrogens is 704 g/mol. The maximum Gasteiger partial charge on any atom is 0.294 e. The van der Waals surface area contributed by atoms with Gasteiger partial charge >= 0.3 is 0 Å². The molecule has 7 rings (SSSR count). The Bertz CT molecular complexity index is 2600. The number of fused-ring (bicyclic) bond motifs is 2. The zero-order valence-electron chi connectivity index (χ0n) is 27.1. The van der Waals surface area contributed by atoms with E-state index in [1.165, 1.54) is 47.0 Å². The summed E-state index contributed by atoms with van der Waals surface area (Å²) in [4.78, 5) is 27.0. The minimum absolute atomic E-state index is 0.0211. The van der Waals surface area contributed by atoms with E-state index in [2.05, 4.69) is 15.1 Å². The van der Waals surface area contributed by atoms with Crippen LogP contribution in [0.2, 0.25) is 5.02 Å². The quantitative estimate of drug-likeness (QED) is 0.179. The van der Waals surface area contributed by atoms with Gasteiger partial charge in [-0.05, 0) is 62.4 Å². The lowest BCUT2D eigenvalue weighted by Crippen LogP contribution is -2.27. The number of methoxy groups -OCH3 is 1. The van der Waals surface area contributed by atoms with E-state index in [1.54, 1.807) is 61.5 Å². The summed E-state index contributed by atoms with van der Waals surface area (Å²) < 4.78 is 67.3. The van der Waals surface area contributed by atoms with E-state index in [0.29, 0.717) is 17.0 Å². The van der Waals surface area contributed by atoms with E-state index >= 15 is 4.39 Å². The van der Waals surface area contributed by atoms with E-state index in [0.717, 1.165) is 5.56 Å². The summed E-state index contributed by atoms with van der Waals surface area (Å²) in [5, 5.41) is 5.37. The fourth-order valence-corrected chi connectivity index (χ4v) is 6.19. The van der Waals surface area contributed by atoms with Crippen molar-refractivity contribution in [2.75, 3.05) is 12.8 Å². The van der Waals surface area contributed by atoms with E-state index in [9.17, 15) is 17.6 Å². The molecule has 51 heavy (non-hydrogen) atoms. The number of ether oxygens (including phenoxy) is 1. The van der Waals surface area contributed by atoms with Gasteiger partial charge in [-0.15, -0.1) is 0 Å². The van der Waals surface area contributed by atoms with Gasteiger partial charge in [0, 0.05) is 5.56 Å². The number of hydrogen-bond acceptors (Lipinski definition) is 9. The van der Waals surface area contributed by atoms with Crippen LogP contribution in [0.3, 0.4) is 0 Å². The Labute approximate surface area is 294 Å². The summed E-state index contributed by atoms with van der Waals surface area (Å²) in [7, 11) is -2.78. The molecule has 0 saturated heterocycles. The molecular formula is C35H28ClF2N7O5S. The third kappa shape index (κ3) is 6.61. The number of para-hydroxylation sites is 1. The molecule has 0 saturated carbocycles. The Balaban J connectivity index is 0.000000349. The highest BCUT2D eigenvalue weighted by Crippen LogP contribution is 2.37. The van der Waals surface area contributed by atoms with Crippen molar-refractivity contribution in [1.29, 1.82) is 0 Å². The van der Waals surface area contributed by atoms with Gasteiger partial charge in [-0.3, -0.25) is 13.9 Å². The van der Waals surface area contributed by atoms with E-state index in [-0.39, 0.29) is 54.7 Å². The Morgan fingerprint density at radius 1 is 0.922 bits per heavy atom. The molecule has 3 heterocycles. The number of rotatable bonds is 6. The van der Waals surface area contributed by atoms with Gasteiger partial charge in [0.25, 0.3) is 15.7 Å². The van der Waals surface area contributed by atoms with Crippen LogP contribution in [0.15, 0.2) is 101 Å². The highest BCUT2D eigenvalue weighted by Gasteiger charge is 2.28. The molecule has 0 unspecified atom stereocenters. The zero-order valence-corrected chi connectivity index (χ0v) is 28.7. The number of hydrogen-bond donors (Lipinski definition) is 2. The van der Waals surface area contributed by atoms with Crippen LogP contribution in [0.4, 0.5) is 14.6 Å². The van der Waals surface area contributed by atoms with Crippen molar-refractivity contribution >= 4 is 49.5 Å². The Hall–Kier alpha value is -5.77. The fourth-order valence-electron chi connectivity index (χ4n) is 5.46. The Kier molecular flexibility index (Phi) is 9.53. The highest BCUT2D eigenvalue weighted by atomic mass is 35.5. The van der Waals surface area contributed by atoms with Crippen LogP contribution in [0.1, 0.15) is 24.4 Å². The molecule has 0 aliphatic carbocycles. The molecule has 1 atom stereocenters. The third-order valence-electron chi connectivity index (χ3n) is 7.99. The number of halogens is 3. The third-order valence-corrected chi connectivity index (χ3v) is 9.17. The number of aromatic nitrogens is 6. The lowest BCUT2D eigenvalue weighted by molar-refractivity contribution is 0.372. The van der Waals surface area contributed by atoms with Gasteiger partial charge in [-0.25, -0.2) is 24.0 Å². The summed E-state index contributed by atoms with van der Waals surface area (Å²) in [6.45, 7) is 3.60. The first-order valence-electron chi connectivity index (χ1n) is 15.1. The average molecular weight is 732 g/mol. The van der Waals surface area contributed by atoms with Gasteiger partial charge in [-0.1, -0.05) is 53.6 Å². The topological polar surface area (TPSA) is 168 Å².